The van der Waals surface area contributed by atoms with Crippen molar-refractivity contribution in [1.82, 2.24) is 5.32 Å². The summed E-state index contributed by atoms with van der Waals surface area (Å²) < 4.78 is 0. The third kappa shape index (κ3) is 5.49. The highest BCUT2D eigenvalue weighted by Gasteiger charge is 2.39. The molecule has 1 heterocycles. The minimum atomic E-state index is -0.447. The number of thioether (sulfide) groups is 1. The molecule has 2 amide bonds. The van der Waals surface area contributed by atoms with E-state index in [0.717, 1.165) is 41.8 Å². The lowest BCUT2D eigenvalue weighted by Crippen LogP contribution is -2.48. The van der Waals surface area contributed by atoms with Crippen LogP contribution < -0.4 is 10.2 Å². The third-order valence-electron chi connectivity index (χ3n) is 6.47. The van der Waals surface area contributed by atoms with Crippen LogP contribution >= 0.6 is 23.4 Å². The smallest absolute Gasteiger partial charge is 0.241 e. The van der Waals surface area contributed by atoms with Crippen molar-refractivity contribution in [2.75, 3.05) is 4.90 Å². The molecule has 1 N–H and O–H groups in total. The van der Waals surface area contributed by atoms with Crippen LogP contribution in [0.25, 0.3) is 0 Å². The predicted octanol–water partition coefficient (Wildman–Crippen LogP) is 6.21. The molecule has 1 saturated carbocycles. The molecular weight excluding hydrogens is 440 g/mol. The summed E-state index contributed by atoms with van der Waals surface area (Å²) in [5.74, 6) is -0.439. The molecule has 0 aromatic heterocycles. The van der Waals surface area contributed by atoms with Gasteiger partial charge >= 0.3 is 0 Å². The quantitative estimate of drug-likeness (QED) is 0.564. The Morgan fingerprint density at radius 3 is 2.56 bits per heavy atom. The average Bonchev–Trinajstić information content (AvgIpc) is 2.76. The number of nitrogens with zero attached hydrogens (tertiary/aromatic N) is 1. The summed E-state index contributed by atoms with van der Waals surface area (Å²) in [7, 11) is 0. The van der Waals surface area contributed by atoms with Gasteiger partial charge in [0, 0.05) is 16.0 Å². The summed E-state index contributed by atoms with van der Waals surface area (Å²) in [5, 5.41) is 3.46. The summed E-state index contributed by atoms with van der Waals surface area (Å²) in [5.41, 5.74) is 1.87. The van der Waals surface area contributed by atoms with Gasteiger partial charge in [-0.05, 0) is 42.7 Å². The van der Waals surface area contributed by atoms with E-state index in [4.69, 9.17) is 11.6 Å². The van der Waals surface area contributed by atoms with Gasteiger partial charge in [-0.15, -0.1) is 11.8 Å². The summed E-state index contributed by atoms with van der Waals surface area (Å²) in [6, 6.07) is 15.8. The van der Waals surface area contributed by atoms with Gasteiger partial charge in [-0.25, -0.2) is 0 Å². The van der Waals surface area contributed by atoms with Gasteiger partial charge in [-0.2, -0.15) is 0 Å². The van der Waals surface area contributed by atoms with E-state index < -0.39 is 11.2 Å². The van der Waals surface area contributed by atoms with Crippen LogP contribution in [0.4, 0.5) is 5.69 Å². The normalized spacial score (nSPS) is 20.8. The maximum Gasteiger partial charge on any atom is 0.241 e. The van der Waals surface area contributed by atoms with E-state index in [0.29, 0.717) is 11.6 Å². The Morgan fingerprint density at radius 1 is 1.09 bits per heavy atom. The molecule has 0 spiro atoms. The Hall–Kier alpha value is -1.98. The summed E-state index contributed by atoms with van der Waals surface area (Å²) in [4.78, 5) is 29.6. The first kappa shape index (κ1) is 23.2. The van der Waals surface area contributed by atoms with Crippen LogP contribution in [0.1, 0.15) is 57.4 Å². The van der Waals surface area contributed by atoms with Crippen LogP contribution in [0, 0.1) is 5.92 Å². The van der Waals surface area contributed by atoms with Crippen molar-refractivity contribution in [2.24, 2.45) is 5.92 Å². The van der Waals surface area contributed by atoms with Crippen molar-refractivity contribution in [1.29, 1.82) is 0 Å². The van der Waals surface area contributed by atoms with Crippen LogP contribution in [-0.2, 0) is 16.1 Å². The second-order valence-electron chi connectivity index (χ2n) is 8.90. The van der Waals surface area contributed by atoms with Gasteiger partial charge in [-0.1, -0.05) is 74.9 Å². The first-order valence-corrected chi connectivity index (χ1v) is 12.9. The van der Waals surface area contributed by atoms with Crippen molar-refractivity contribution in [3.05, 3.63) is 59.1 Å². The van der Waals surface area contributed by atoms with Gasteiger partial charge in [0.15, 0.2) is 0 Å². The Kier molecular flexibility index (Phi) is 7.80. The maximum atomic E-state index is 13.6. The fourth-order valence-corrected chi connectivity index (χ4v) is 6.11. The highest BCUT2D eigenvalue weighted by Crippen LogP contribution is 2.42. The minimum Gasteiger partial charge on any atom is -0.353 e. The topological polar surface area (TPSA) is 49.4 Å². The molecule has 6 heteroatoms. The highest BCUT2D eigenvalue weighted by molar-refractivity contribution is 8.01. The van der Waals surface area contributed by atoms with Gasteiger partial charge in [0.05, 0.1) is 18.2 Å². The molecule has 1 aliphatic carbocycles. The van der Waals surface area contributed by atoms with E-state index >= 15 is 0 Å². The SMILES string of the molecule is C[C@H](C(=O)NC1CCCCCCC1)[C@@H]1Sc2ccccc2N(Cc2cccc(Cl)c2)C1=O. The fraction of sp³-hybridized carbons (Fsp3) is 0.462. The standard InChI is InChI=1S/C26H31ClN2O2S/c1-18(25(30)28-21-12-5-3-2-4-6-13-21)24-26(31)29(17-19-10-9-11-20(27)16-19)22-14-7-8-15-23(22)32-24/h7-11,14-16,18,21,24H,2-6,12-13,17H2,1H3,(H,28,30)/t18-,24-/m0/s1. The highest BCUT2D eigenvalue weighted by atomic mass is 35.5. The molecule has 0 bridgehead atoms. The van der Waals surface area contributed by atoms with Gasteiger partial charge < -0.3 is 10.2 Å². The number of amides is 2. The molecule has 0 saturated heterocycles. The molecule has 4 rings (SSSR count). The number of carbonyl (C=O) groups is 2. The van der Waals surface area contributed by atoms with Crippen molar-refractivity contribution in [3.63, 3.8) is 0 Å². The lowest BCUT2D eigenvalue weighted by Gasteiger charge is -2.36. The summed E-state index contributed by atoms with van der Waals surface area (Å²) >= 11 is 7.68. The number of halogens is 1. The van der Waals surface area contributed by atoms with Crippen LogP contribution in [0.3, 0.4) is 0 Å². The van der Waals surface area contributed by atoms with E-state index in [9.17, 15) is 9.59 Å². The Labute approximate surface area is 200 Å². The molecule has 4 nitrogen and oxygen atoms in total. The number of carbonyl (C=O) groups excluding carboxylic acids is 2. The number of nitrogens with one attached hydrogen (secondary N) is 1. The van der Waals surface area contributed by atoms with Crippen LogP contribution in [0.15, 0.2) is 53.4 Å². The van der Waals surface area contributed by atoms with E-state index in [2.05, 4.69) is 5.32 Å². The van der Waals surface area contributed by atoms with Crippen LogP contribution in [0.5, 0.6) is 0 Å². The van der Waals surface area contributed by atoms with Crippen molar-refractivity contribution >= 4 is 40.9 Å². The molecular formula is C26H31ClN2O2S. The zero-order chi connectivity index (χ0) is 22.5. The van der Waals surface area contributed by atoms with E-state index in [1.165, 1.54) is 31.0 Å². The first-order chi connectivity index (χ1) is 15.5. The lowest BCUT2D eigenvalue weighted by molar-refractivity contribution is -0.129. The molecule has 2 aromatic carbocycles. The molecule has 2 atom stereocenters. The Morgan fingerprint density at radius 2 is 1.81 bits per heavy atom. The summed E-state index contributed by atoms with van der Waals surface area (Å²) in [6.45, 7) is 2.32. The second-order valence-corrected chi connectivity index (χ2v) is 10.5. The third-order valence-corrected chi connectivity index (χ3v) is 8.17. The van der Waals surface area contributed by atoms with E-state index in [-0.39, 0.29) is 17.9 Å². The monoisotopic (exact) mass is 470 g/mol. The molecule has 32 heavy (non-hydrogen) atoms. The number of fused-ring (bicyclic) bond motifs is 1. The number of rotatable bonds is 5. The van der Waals surface area contributed by atoms with Crippen molar-refractivity contribution < 1.29 is 9.59 Å². The average molecular weight is 471 g/mol. The zero-order valence-corrected chi connectivity index (χ0v) is 20.1. The molecule has 0 radical (unpaired) electrons. The molecule has 0 unspecified atom stereocenters. The molecule has 170 valence electrons. The van der Waals surface area contributed by atoms with Gasteiger partial charge in [0.1, 0.15) is 5.25 Å². The van der Waals surface area contributed by atoms with Gasteiger partial charge in [0.2, 0.25) is 11.8 Å². The Bertz CT molecular complexity index is 958. The molecule has 2 aromatic rings. The molecule has 1 aliphatic heterocycles. The number of para-hydroxylation sites is 1. The van der Waals surface area contributed by atoms with Gasteiger partial charge in [0.25, 0.3) is 0 Å². The first-order valence-electron chi connectivity index (χ1n) is 11.6. The largest absolute Gasteiger partial charge is 0.353 e. The maximum absolute atomic E-state index is 13.6. The molecule has 1 fully saturated rings. The van der Waals surface area contributed by atoms with Gasteiger partial charge in [-0.3, -0.25) is 9.59 Å². The summed E-state index contributed by atoms with van der Waals surface area (Å²) in [6.07, 6.45) is 8.19. The zero-order valence-electron chi connectivity index (χ0n) is 18.6. The lowest BCUT2D eigenvalue weighted by atomic mass is 9.95. The van der Waals surface area contributed by atoms with Crippen LogP contribution in [0.2, 0.25) is 5.02 Å². The minimum absolute atomic E-state index is 0.0106. The number of hydrogen-bond acceptors (Lipinski definition) is 3. The Balaban J connectivity index is 1.52. The predicted molar refractivity (Wildman–Crippen MR) is 132 cm³/mol. The number of anilines is 1. The van der Waals surface area contributed by atoms with Crippen LogP contribution in [-0.4, -0.2) is 23.1 Å². The second kappa shape index (κ2) is 10.8. The molecule has 2 aliphatic rings. The number of hydrogen-bond donors (Lipinski definition) is 1. The van der Waals surface area contributed by atoms with E-state index in [1.54, 1.807) is 0 Å². The fourth-order valence-electron chi connectivity index (χ4n) is 4.61. The number of benzene rings is 2. The van der Waals surface area contributed by atoms with E-state index in [1.807, 2.05) is 60.4 Å². The van der Waals surface area contributed by atoms with Crippen molar-refractivity contribution in [3.8, 4) is 0 Å². The van der Waals surface area contributed by atoms with Crippen molar-refractivity contribution in [2.45, 2.75) is 74.6 Å².